The lowest BCUT2D eigenvalue weighted by Gasteiger charge is -2.26. The van der Waals surface area contributed by atoms with E-state index in [0.717, 1.165) is 11.1 Å². The second-order valence-electron chi connectivity index (χ2n) is 5.38. The Kier molecular flexibility index (Phi) is 3.78. The molecule has 0 radical (unpaired) electrons. The number of fused-ring (bicyclic) bond motifs is 1. The molecular weight excluding hydrogens is 284 g/mol. The van der Waals surface area contributed by atoms with Gasteiger partial charge in [-0.3, -0.25) is 4.98 Å². The first-order chi connectivity index (χ1) is 10.1. The Labute approximate surface area is 125 Å². The third-order valence-electron chi connectivity index (χ3n) is 3.99. The number of rotatable bonds is 3. The highest BCUT2D eigenvalue weighted by Gasteiger charge is 2.29. The molecule has 2 aromatic rings. The lowest BCUT2D eigenvalue weighted by molar-refractivity contribution is 0.490. The Morgan fingerprint density at radius 2 is 2.10 bits per heavy atom. The summed E-state index contributed by atoms with van der Waals surface area (Å²) in [4.78, 5) is 4.61. The van der Waals surface area contributed by atoms with Crippen LogP contribution in [0.1, 0.15) is 29.2 Å². The van der Waals surface area contributed by atoms with E-state index in [2.05, 4.69) is 17.2 Å². The van der Waals surface area contributed by atoms with Gasteiger partial charge < -0.3 is 5.32 Å². The summed E-state index contributed by atoms with van der Waals surface area (Å²) in [6.45, 7) is 2.75. The summed E-state index contributed by atoms with van der Waals surface area (Å²) in [5.41, 5.74) is 3.21. The minimum Gasteiger partial charge on any atom is -0.306 e. The molecule has 4 nitrogen and oxygen atoms in total. The first kappa shape index (κ1) is 14.2. The largest absolute Gasteiger partial charge is 0.306 e. The zero-order valence-electron chi connectivity index (χ0n) is 11.9. The van der Waals surface area contributed by atoms with E-state index in [1.807, 2.05) is 24.4 Å². The number of nitrogens with one attached hydrogen (secondary N) is 1. The molecule has 1 aliphatic heterocycles. The number of hydrogen-bond acceptors (Lipinski definition) is 4. The van der Waals surface area contributed by atoms with E-state index in [9.17, 15) is 8.42 Å². The zero-order valence-corrected chi connectivity index (χ0v) is 12.7. The van der Waals surface area contributed by atoms with E-state index in [1.54, 1.807) is 18.3 Å². The van der Waals surface area contributed by atoms with Crippen LogP contribution in [-0.2, 0) is 16.4 Å². The molecule has 5 heteroatoms. The van der Waals surface area contributed by atoms with Crippen molar-refractivity contribution in [3.63, 3.8) is 0 Å². The van der Waals surface area contributed by atoms with Crippen LogP contribution >= 0.6 is 0 Å². The summed E-state index contributed by atoms with van der Waals surface area (Å²) in [5, 5.41) is 3.47. The average Bonchev–Trinajstić information content (AvgIpc) is 2.48. The molecule has 1 aromatic heterocycles. The SMILES string of the molecule is Cc1ccncc1CNC1CCS(=O)(=O)c2ccccc21. The fraction of sp³-hybridized carbons (Fsp3) is 0.312. The van der Waals surface area contributed by atoms with Crippen molar-refractivity contribution in [3.8, 4) is 0 Å². The first-order valence-corrected chi connectivity index (χ1v) is 8.68. The molecule has 2 heterocycles. The molecule has 0 spiro atoms. The Morgan fingerprint density at radius 3 is 2.90 bits per heavy atom. The lowest BCUT2D eigenvalue weighted by Crippen LogP contribution is -2.29. The van der Waals surface area contributed by atoms with E-state index in [-0.39, 0.29) is 11.8 Å². The molecular formula is C16H18N2O2S. The maximum Gasteiger partial charge on any atom is 0.178 e. The highest BCUT2D eigenvalue weighted by molar-refractivity contribution is 7.91. The van der Waals surface area contributed by atoms with E-state index in [4.69, 9.17) is 0 Å². The van der Waals surface area contributed by atoms with Crippen molar-refractivity contribution in [2.45, 2.75) is 30.8 Å². The quantitative estimate of drug-likeness (QED) is 0.946. The second kappa shape index (κ2) is 5.58. The molecule has 0 saturated carbocycles. The average molecular weight is 302 g/mol. The molecule has 0 aliphatic carbocycles. The summed E-state index contributed by atoms with van der Waals surface area (Å²) in [5.74, 6) is 0.202. The third-order valence-corrected chi connectivity index (χ3v) is 5.81. The molecule has 0 saturated heterocycles. The lowest BCUT2D eigenvalue weighted by atomic mass is 10.0. The number of benzene rings is 1. The van der Waals surface area contributed by atoms with E-state index < -0.39 is 9.84 Å². The zero-order chi connectivity index (χ0) is 14.9. The number of aryl methyl sites for hydroxylation is 1. The van der Waals surface area contributed by atoms with E-state index >= 15 is 0 Å². The second-order valence-corrected chi connectivity index (χ2v) is 7.46. The van der Waals surface area contributed by atoms with Gasteiger partial charge >= 0.3 is 0 Å². The maximum atomic E-state index is 12.1. The van der Waals surface area contributed by atoms with Crippen LogP contribution in [0.5, 0.6) is 0 Å². The van der Waals surface area contributed by atoms with Gasteiger partial charge in [0.15, 0.2) is 9.84 Å². The molecule has 0 bridgehead atoms. The van der Waals surface area contributed by atoms with Crippen molar-refractivity contribution in [2.24, 2.45) is 0 Å². The van der Waals surface area contributed by atoms with Crippen molar-refractivity contribution >= 4 is 9.84 Å². The molecule has 1 N–H and O–H groups in total. The Morgan fingerprint density at radius 1 is 1.29 bits per heavy atom. The van der Waals surface area contributed by atoms with E-state index in [1.165, 1.54) is 5.56 Å². The van der Waals surface area contributed by atoms with Gasteiger partial charge in [0.05, 0.1) is 10.6 Å². The molecule has 1 aromatic carbocycles. The summed E-state index contributed by atoms with van der Waals surface area (Å²) in [7, 11) is -3.12. The fourth-order valence-corrected chi connectivity index (χ4v) is 4.34. The van der Waals surface area contributed by atoms with Crippen LogP contribution < -0.4 is 5.32 Å². The Balaban J connectivity index is 1.83. The molecule has 3 rings (SSSR count). The van der Waals surface area contributed by atoms with Crippen LogP contribution in [0, 0.1) is 6.92 Å². The predicted molar refractivity (Wildman–Crippen MR) is 81.7 cm³/mol. The molecule has 21 heavy (non-hydrogen) atoms. The minimum atomic E-state index is -3.12. The van der Waals surface area contributed by atoms with Crippen molar-refractivity contribution < 1.29 is 8.42 Å². The number of sulfone groups is 1. The molecule has 0 amide bonds. The monoisotopic (exact) mass is 302 g/mol. The highest BCUT2D eigenvalue weighted by Crippen LogP contribution is 2.32. The van der Waals surface area contributed by atoms with Crippen molar-refractivity contribution in [3.05, 3.63) is 59.4 Å². The maximum absolute atomic E-state index is 12.1. The van der Waals surface area contributed by atoms with Gasteiger partial charge in [0.25, 0.3) is 0 Å². The van der Waals surface area contributed by atoms with Gasteiger partial charge in [0, 0.05) is 25.0 Å². The Bertz CT molecular complexity index is 756. The van der Waals surface area contributed by atoms with Gasteiger partial charge in [0.1, 0.15) is 0 Å². The normalized spacial score (nSPS) is 20.0. The van der Waals surface area contributed by atoms with Gasteiger partial charge in [-0.05, 0) is 42.2 Å². The van der Waals surface area contributed by atoms with Crippen LogP contribution in [0.4, 0.5) is 0 Å². The van der Waals surface area contributed by atoms with Crippen LogP contribution in [0.15, 0.2) is 47.6 Å². The number of pyridine rings is 1. The highest BCUT2D eigenvalue weighted by atomic mass is 32.2. The number of aromatic nitrogens is 1. The predicted octanol–water partition coefficient (Wildman–Crippen LogP) is 2.40. The summed E-state index contributed by atoms with van der Waals surface area (Å²) >= 11 is 0. The van der Waals surface area contributed by atoms with Crippen molar-refractivity contribution in [1.82, 2.24) is 10.3 Å². The van der Waals surface area contributed by atoms with Crippen molar-refractivity contribution in [2.75, 3.05) is 5.75 Å². The van der Waals surface area contributed by atoms with Crippen molar-refractivity contribution in [1.29, 1.82) is 0 Å². The summed E-state index contributed by atoms with van der Waals surface area (Å²) in [6.07, 6.45) is 4.24. The number of hydrogen-bond donors (Lipinski definition) is 1. The van der Waals surface area contributed by atoms with E-state index in [0.29, 0.717) is 17.9 Å². The van der Waals surface area contributed by atoms with Gasteiger partial charge in [0.2, 0.25) is 0 Å². The van der Waals surface area contributed by atoms with Crippen LogP contribution in [0.3, 0.4) is 0 Å². The van der Waals surface area contributed by atoms with Crippen LogP contribution in [0.2, 0.25) is 0 Å². The third kappa shape index (κ3) is 2.84. The fourth-order valence-electron chi connectivity index (χ4n) is 2.72. The molecule has 1 unspecified atom stereocenters. The minimum absolute atomic E-state index is 0.0735. The van der Waals surface area contributed by atoms with Crippen LogP contribution in [0.25, 0.3) is 0 Å². The standard InChI is InChI=1S/C16H18N2O2S/c1-12-6-8-17-10-13(12)11-18-15-7-9-21(19,20)16-5-3-2-4-14(15)16/h2-6,8,10,15,18H,7,9,11H2,1H3. The van der Waals surface area contributed by atoms with Crippen LogP contribution in [-0.4, -0.2) is 19.2 Å². The van der Waals surface area contributed by atoms with Gasteiger partial charge in [-0.2, -0.15) is 0 Å². The summed E-state index contributed by atoms with van der Waals surface area (Å²) < 4.78 is 24.2. The smallest absolute Gasteiger partial charge is 0.178 e. The topological polar surface area (TPSA) is 59.1 Å². The molecule has 1 atom stereocenters. The van der Waals surface area contributed by atoms with Gasteiger partial charge in [-0.15, -0.1) is 0 Å². The van der Waals surface area contributed by atoms with Gasteiger partial charge in [-0.25, -0.2) is 8.42 Å². The molecule has 0 fully saturated rings. The number of nitrogens with zero attached hydrogens (tertiary/aromatic N) is 1. The van der Waals surface area contributed by atoms with Gasteiger partial charge in [-0.1, -0.05) is 18.2 Å². The Hall–Kier alpha value is -1.72. The molecule has 1 aliphatic rings. The summed E-state index contributed by atoms with van der Waals surface area (Å²) in [6, 6.07) is 9.33. The first-order valence-electron chi connectivity index (χ1n) is 7.02. The molecule has 110 valence electrons.